The second-order valence-electron chi connectivity index (χ2n) is 5.52. The van der Waals surface area contributed by atoms with Crippen LogP contribution in [0.3, 0.4) is 0 Å². The Kier molecular flexibility index (Phi) is 5.23. The first kappa shape index (κ1) is 17.8. The van der Waals surface area contributed by atoms with Gasteiger partial charge in [0.25, 0.3) is 5.69 Å². The van der Waals surface area contributed by atoms with E-state index < -0.39 is 10.7 Å². The van der Waals surface area contributed by atoms with Crippen LogP contribution in [0.25, 0.3) is 0 Å². The lowest BCUT2D eigenvalue weighted by Crippen LogP contribution is -2.03. The number of benzene rings is 2. The van der Waals surface area contributed by atoms with Gasteiger partial charge in [-0.1, -0.05) is 12.1 Å². The number of hydrogen-bond donors (Lipinski definition) is 1. The Morgan fingerprint density at radius 3 is 2.74 bits per heavy atom. The Labute approximate surface area is 153 Å². The van der Waals surface area contributed by atoms with Crippen LogP contribution in [0.5, 0.6) is 11.6 Å². The van der Waals surface area contributed by atoms with Crippen LogP contribution in [0, 0.1) is 27.3 Å². The molecule has 2 aromatic carbocycles. The molecule has 0 saturated carbocycles. The number of halogens is 1. The second kappa shape index (κ2) is 7.93. The third kappa shape index (κ3) is 4.55. The lowest BCUT2D eigenvalue weighted by molar-refractivity contribution is -0.384. The first-order valence-electron chi connectivity index (χ1n) is 7.86. The molecule has 134 valence electrons. The van der Waals surface area contributed by atoms with Crippen LogP contribution in [0.2, 0.25) is 0 Å². The minimum atomic E-state index is -0.544. The Hall–Kier alpha value is -3.99. The Bertz CT molecular complexity index is 1020. The van der Waals surface area contributed by atoms with Crippen LogP contribution in [0.1, 0.15) is 11.1 Å². The SMILES string of the molecule is N#Cc1ccc(NCc2ccc(Oc3cccc(F)c3)nc2)c([N+](=O)[O-])c1. The number of hydrogen-bond acceptors (Lipinski definition) is 6. The van der Waals surface area contributed by atoms with Crippen molar-refractivity contribution in [1.82, 2.24) is 4.98 Å². The number of nitriles is 1. The third-order valence-corrected chi connectivity index (χ3v) is 3.62. The summed E-state index contributed by atoms with van der Waals surface area (Å²) >= 11 is 0. The Balaban J connectivity index is 1.67. The molecule has 0 unspecified atom stereocenters. The quantitative estimate of drug-likeness (QED) is 0.514. The molecule has 0 aliphatic rings. The highest BCUT2D eigenvalue weighted by atomic mass is 19.1. The smallest absolute Gasteiger partial charge is 0.293 e. The summed E-state index contributed by atoms with van der Waals surface area (Å²) < 4.78 is 18.6. The fourth-order valence-corrected chi connectivity index (χ4v) is 2.33. The van der Waals surface area contributed by atoms with Gasteiger partial charge in [-0.15, -0.1) is 0 Å². The minimum Gasteiger partial charge on any atom is -0.439 e. The summed E-state index contributed by atoms with van der Waals surface area (Å²) in [5.74, 6) is 0.229. The summed E-state index contributed by atoms with van der Waals surface area (Å²) in [4.78, 5) is 14.7. The fraction of sp³-hybridized carbons (Fsp3) is 0.0526. The molecule has 1 heterocycles. The summed E-state index contributed by atoms with van der Waals surface area (Å²) in [6, 6.07) is 15.2. The topological polar surface area (TPSA) is 101 Å². The van der Waals surface area contributed by atoms with Crippen molar-refractivity contribution in [3.05, 3.63) is 87.9 Å². The van der Waals surface area contributed by atoms with Gasteiger partial charge in [0.15, 0.2) is 0 Å². The molecule has 0 spiro atoms. The van der Waals surface area contributed by atoms with E-state index in [1.165, 1.54) is 36.4 Å². The first-order valence-corrected chi connectivity index (χ1v) is 7.86. The molecular weight excluding hydrogens is 351 g/mol. The van der Waals surface area contributed by atoms with Crippen molar-refractivity contribution in [2.24, 2.45) is 0 Å². The molecule has 0 aliphatic carbocycles. The zero-order valence-electron chi connectivity index (χ0n) is 13.9. The van der Waals surface area contributed by atoms with Gasteiger partial charge in [0.1, 0.15) is 17.3 Å². The summed E-state index contributed by atoms with van der Waals surface area (Å²) in [6.07, 6.45) is 1.55. The third-order valence-electron chi connectivity index (χ3n) is 3.62. The van der Waals surface area contributed by atoms with Crippen molar-refractivity contribution in [3.8, 4) is 17.7 Å². The minimum absolute atomic E-state index is 0.173. The van der Waals surface area contributed by atoms with Crippen LogP contribution in [0.15, 0.2) is 60.8 Å². The lowest BCUT2D eigenvalue weighted by atomic mass is 10.2. The average Bonchev–Trinajstić information content (AvgIpc) is 2.67. The van der Waals surface area contributed by atoms with Gasteiger partial charge >= 0.3 is 0 Å². The van der Waals surface area contributed by atoms with Gasteiger partial charge in [0.05, 0.1) is 16.6 Å². The molecule has 0 bridgehead atoms. The van der Waals surface area contributed by atoms with Crippen molar-refractivity contribution < 1.29 is 14.1 Å². The number of ether oxygens (including phenoxy) is 1. The molecule has 1 N–H and O–H groups in total. The van der Waals surface area contributed by atoms with Crippen LogP contribution in [-0.4, -0.2) is 9.91 Å². The molecule has 0 radical (unpaired) electrons. The molecule has 3 rings (SSSR count). The molecule has 0 amide bonds. The highest BCUT2D eigenvalue weighted by Gasteiger charge is 2.14. The molecule has 7 nitrogen and oxygen atoms in total. The van der Waals surface area contributed by atoms with Crippen LogP contribution in [-0.2, 0) is 6.54 Å². The van der Waals surface area contributed by atoms with E-state index in [-0.39, 0.29) is 11.3 Å². The molecule has 1 aromatic heterocycles. The molecule has 3 aromatic rings. The molecule has 0 atom stereocenters. The number of anilines is 1. The van der Waals surface area contributed by atoms with E-state index in [0.717, 1.165) is 5.56 Å². The van der Waals surface area contributed by atoms with E-state index >= 15 is 0 Å². The highest BCUT2D eigenvalue weighted by Crippen LogP contribution is 2.26. The van der Waals surface area contributed by atoms with Gasteiger partial charge in [-0.3, -0.25) is 10.1 Å². The van der Waals surface area contributed by atoms with Gasteiger partial charge in [-0.2, -0.15) is 5.26 Å². The van der Waals surface area contributed by atoms with Gasteiger partial charge in [0, 0.05) is 30.9 Å². The van der Waals surface area contributed by atoms with Crippen molar-refractivity contribution >= 4 is 11.4 Å². The average molecular weight is 364 g/mol. The van der Waals surface area contributed by atoms with Gasteiger partial charge in [-0.25, -0.2) is 9.37 Å². The van der Waals surface area contributed by atoms with Gasteiger partial charge in [-0.05, 0) is 29.8 Å². The van der Waals surface area contributed by atoms with E-state index in [1.54, 1.807) is 24.4 Å². The van der Waals surface area contributed by atoms with E-state index in [2.05, 4.69) is 10.3 Å². The number of nitro benzene ring substituents is 1. The predicted molar refractivity (Wildman–Crippen MR) is 95.8 cm³/mol. The van der Waals surface area contributed by atoms with E-state index in [4.69, 9.17) is 10.00 Å². The second-order valence-corrected chi connectivity index (χ2v) is 5.52. The molecule has 0 saturated heterocycles. The maximum atomic E-state index is 13.2. The maximum absolute atomic E-state index is 13.2. The van der Waals surface area contributed by atoms with Gasteiger partial charge in [0.2, 0.25) is 5.88 Å². The highest BCUT2D eigenvalue weighted by molar-refractivity contribution is 5.64. The molecule has 8 heteroatoms. The van der Waals surface area contributed by atoms with Crippen molar-refractivity contribution in [3.63, 3.8) is 0 Å². The van der Waals surface area contributed by atoms with E-state index in [0.29, 0.717) is 23.9 Å². The summed E-state index contributed by atoms with van der Waals surface area (Å²) in [5.41, 5.74) is 1.11. The zero-order valence-corrected chi connectivity index (χ0v) is 13.9. The fourth-order valence-electron chi connectivity index (χ4n) is 2.33. The number of nitrogens with zero attached hydrogens (tertiary/aromatic N) is 3. The Morgan fingerprint density at radius 1 is 1.22 bits per heavy atom. The van der Waals surface area contributed by atoms with Crippen molar-refractivity contribution in [1.29, 1.82) is 5.26 Å². The maximum Gasteiger partial charge on any atom is 0.293 e. The summed E-state index contributed by atoms with van der Waals surface area (Å²) in [7, 11) is 0. The number of aromatic nitrogens is 1. The number of nitrogens with one attached hydrogen (secondary N) is 1. The summed E-state index contributed by atoms with van der Waals surface area (Å²) in [5, 5.41) is 23.0. The standard InChI is InChI=1S/C19H13FN4O3/c20-15-2-1-3-16(9-15)27-19-7-5-14(12-23-19)11-22-17-6-4-13(10-21)8-18(17)24(25)26/h1-9,12,22H,11H2. The van der Waals surface area contributed by atoms with Gasteiger partial charge < -0.3 is 10.1 Å². The predicted octanol–water partition coefficient (Wildman–Crippen LogP) is 4.40. The van der Waals surface area contributed by atoms with Crippen LogP contribution in [0.4, 0.5) is 15.8 Å². The zero-order chi connectivity index (χ0) is 19.2. The Morgan fingerprint density at radius 2 is 2.07 bits per heavy atom. The monoisotopic (exact) mass is 364 g/mol. The molecular formula is C19H13FN4O3. The van der Waals surface area contributed by atoms with Crippen molar-refractivity contribution in [2.45, 2.75) is 6.54 Å². The largest absolute Gasteiger partial charge is 0.439 e. The number of rotatable bonds is 6. The van der Waals surface area contributed by atoms with E-state index in [1.807, 2.05) is 6.07 Å². The first-order chi connectivity index (χ1) is 13.0. The van der Waals surface area contributed by atoms with Crippen LogP contribution < -0.4 is 10.1 Å². The normalized spacial score (nSPS) is 10.1. The number of pyridine rings is 1. The molecule has 27 heavy (non-hydrogen) atoms. The lowest BCUT2D eigenvalue weighted by Gasteiger charge is -2.08. The number of nitro groups is 1. The van der Waals surface area contributed by atoms with E-state index in [9.17, 15) is 14.5 Å². The van der Waals surface area contributed by atoms with Crippen LogP contribution >= 0.6 is 0 Å². The van der Waals surface area contributed by atoms with Crippen molar-refractivity contribution in [2.75, 3.05) is 5.32 Å². The summed E-state index contributed by atoms with van der Waals surface area (Å²) in [6.45, 7) is 0.292. The molecule has 0 aliphatic heterocycles. The molecule has 0 fully saturated rings.